The maximum atomic E-state index is 12.4. The van der Waals surface area contributed by atoms with Crippen LogP contribution in [0.1, 0.15) is 17.1 Å². The fourth-order valence-electron chi connectivity index (χ4n) is 2.95. The molecule has 1 aromatic carbocycles. The average molecular weight is 459 g/mol. The molecule has 0 aliphatic heterocycles. The molecule has 0 bridgehead atoms. The molecular weight excluding hydrogens is 440 g/mol. The molecule has 0 saturated carbocycles. The molecule has 0 saturated heterocycles. The maximum Gasteiger partial charge on any atom is 0.262 e. The van der Waals surface area contributed by atoms with Gasteiger partial charge in [-0.15, -0.1) is 11.3 Å². The number of nitrogens with one attached hydrogen (secondary N) is 2. The van der Waals surface area contributed by atoms with Gasteiger partial charge in [0.05, 0.1) is 18.4 Å². The molecule has 0 spiro atoms. The minimum Gasteiger partial charge on any atom is -0.351 e. The van der Waals surface area contributed by atoms with Gasteiger partial charge in [-0.1, -0.05) is 18.2 Å². The summed E-state index contributed by atoms with van der Waals surface area (Å²) in [6.07, 6.45) is 1.78. The molecule has 0 unspecified atom stereocenters. The van der Waals surface area contributed by atoms with E-state index in [4.69, 9.17) is 5.14 Å². The summed E-state index contributed by atoms with van der Waals surface area (Å²) in [4.78, 5) is 32.4. The number of hydrogen-bond acceptors (Lipinski definition) is 7. The minimum atomic E-state index is -3.75. The van der Waals surface area contributed by atoms with E-state index >= 15 is 0 Å². The summed E-state index contributed by atoms with van der Waals surface area (Å²) in [6, 6.07) is 12.3. The summed E-state index contributed by atoms with van der Waals surface area (Å²) in [5.41, 5.74) is 0.866. The van der Waals surface area contributed by atoms with Gasteiger partial charge in [0.1, 0.15) is 15.4 Å². The molecule has 3 heterocycles. The molecule has 12 heteroatoms. The molecule has 10 nitrogen and oxygen atoms in total. The van der Waals surface area contributed by atoms with E-state index in [0.29, 0.717) is 21.7 Å². The lowest BCUT2D eigenvalue weighted by atomic mass is 10.2. The van der Waals surface area contributed by atoms with Crippen molar-refractivity contribution in [2.75, 3.05) is 0 Å². The van der Waals surface area contributed by atoms with E-state index in [2.05, 4.69) is 20.4 Å². The first-order valence-corrected chi connectivity index (χ1v) is 11.6. The van der Waals surface area contributed by atoms with E-state index in [1.165, 1.54) is 12.3 Å². The number of nitrogens with two attached hydrogens (primary N) is 1. The summed E-state index contributed by atoms with van der Waals surface area (Å²) in [6.45, 7) is 0.183. The SMILES string of the molecule is NS(=O)(=O)c1ccc(CNC(=O)CCc2nc3c(cnn3-c3ccccc3)c(=O)[nH]2)s1. The minimum absolute atomic E-state index is 0.0434. The quantitative estimate of drug-likeness (QED) is 0.376. The maximum absolute atomic E-state index is 12.4. The van der Waals surface area contributed by atoms with Gasteiger partial charge < -0.3 is 10.3 Å². The monoisotopic (exact) mass is 458 g/mol. The van der Waals surface area contributed by atoms with E-state index in [1.807, 2.05) is 30.3 Å². The van der Waals surface area contributed by atoms with Crippen LogP contribution in [0.3, 0.4) is 0 Å². The van der Waals surface area contributed by atoms with Gasteiger partial charge in [-0.25, -0.2) is 23.2 Å². The lowest BCUT2D eigenvalue weighted by Gasteiger charge is -2.05. The number of H-pyrrole nitrogens is 1. The Bertz CT molecular complexity index is 1410. The van der Waals surface area contributed by atoms with Gasteiger partial charge in [0.2, 0.25) is 15.9 Å². The molecular formula is C19H18N6O4S2. The van der Waals surface area contributed by atoms with Crippen LogP contribution in [0.25, 0.3) is 16.7 Å². The number of rotatable bonds is 7. The van der Waals surface area contributed by atoms with Crippen molar-refractivity contribution < 1.29 is 13.2 Å². The zero-order chi connectivity index (χ0) is 22.0. The van der Waals surface area contributed by atoms with Crippen LogP contribution in [0.2, 0.25) is 0 Å². The van der Waals surface area contributed by atoms with Crippen LogP contribution in [0.4, 0.5) is 0 Å². The molecule has 4 rings (SSSR count). The molecule has 0 atom stereocenters. The molecule has 160 valence electrons. The van der Waals surface area contributed by atoms with Crippen LogP contribution < -0.4 is 16.0 Å². The predicted molar refractivity (Wildman–Crippen MR) is 115 cm³/mol. The summed E-state index contributed by atoms with van der Waals surface area (Å²) in [7, 11) is -3.75. The van der Waals surface area contributed by atoms with Gasteiger partial charge >= 0.3 is 0 Å². The number of carbonyl (C=O) groups is 1. The topological polar surface area (TPSA) is 153 Å². The molecule has 3 aromatic heterocycles. The highest BCUT2D eigenvalue weighted by Crippen LogP contribution is 2.20. The van der Waals surface area contributed by atoms with Gasteiger partial charge in [0, 0.05) is 17.7 Å². The van der Waals surface area contributed by atoms with E-state index in [9.17, 15) is 18.0 Å². The van der Waals surface area contributed by atoms with Crippen LogP contribution >= 0.6 is 11.3 Å². The third-order valence-electron chi connectivity index (χ3n) is 4.45. The highest BCUT2D eigenvalue weighted by Gasteiger charge is 2.14. The standard InChI is InChI=1S/C19H18N6O4S2/c20-31(28,29)17-9-6-13(30-17)10-21-16(26)8-7-15-23-18-14(19(27)24-15)11-22-25(18)12-4-2-1-3-5-12/h1-6,9,11H,7-8,10H2,(H,21,26)(H2,20,28,29)(H,23,24,27). The van der Waals surface area contributed by atoms with Crippen molar-refractivity contribution in [1.29, 1.82) is 0 Å². The Balaban J connectivity index is 1.43. The smallest absolute Gasteiger partial charge is 0.262 e. The van der Waals surface area contributed by atoms with Crippen LogP contribution in [0, 0.1) is 0 Å². The van der Waals surface area contributed by atoms with Gasteiger partial charge in [0.25, 0.3) is 5.56 Å². The molecule has 31 heavy (non-hydrogen) atoms. The number of aromatic amines is 1. The molecule has 0 fully saturated rings. The van der Waals surface area contributed by atoms with E-state index in [-0.39, 0.29) is 35.1 Å². The number of amides is 1. The second-order valence-corrected chi connectivity index (χ2v) is 9.64. The van der Waals surface area contributed by atoms with Crippen molar-refractivity contribution in [1.82, 2.24) is 25.1 Å². The number of benzene rings is 1. The molecule has 4 aromatic rings. The fourth-order valence-corrected chi connectivity index (χ4v) is 4.67. The Labute approximate surface area is 180 Å². The van der Waals surface area contributed by atoms with Crippen molar-refractivity contribution in [3.63, 3.8) is 0 Å². The molecule has 1 amide bonds. The summed E-state index contributed by atoms with van der Waals surface area (Å²) < 4.78 is 24.3. The Kier molecular flexibility index (Phi) is 5.67. The Morgan fingerprint density at radius 1 is 1.19 bits per heavy atom. The first kappa shape index (κ1) is 20.9. The van der Waals surface area contributed by atoms with Crippen LogP contribution in [-0.4, -0.2) is 34.1 Å². The Hall–Kier alpha value is -3.35. The number of primary sulfonamides is 1. The third-order valence-corrected chi connectivity index (χ3v) is 6.98. The van der Waals surface area contributed by atoms with Gasteiger partial charge in [-0.3, -0.25) is 9.59 Å². The van der Waals surface area contributed by atoms with Gasteiger partial charge in [-0.05, 0) is 24.3 Å². The number of sulfonamides is 1. The zero-order valence-electron chi connectivity index (χ0n) is 16.1. The lowest BCUT2D eigenvalue weighted by molar-refractivity contribution is -0.121. The first-order chi connectivity index (χ1) is 14.8. The van der Waals surface area contributed by atoms with Crippen LogP contribution in [0.5, 0.6) is 0 Å². The molecule has 4 N–H and O–H groups in total. The second kappa shape index (κ2) is 8.41. The highest BCUT2D eigenvalue weighted by molar-refractivity contribution is 7.91. The number of fused-ring (bicyclic) bond motifs is 1. The molecule has 0 aliphatic rings. The fraction of sp³-hybridized carbons (Fsp3) is 0.158. The number of carbonyl (C=O) groups excluding carboxylic acids is 1. The normalized spacial score (nSPS) is 11.6. The van der Waals surface area contributed by atoms with Crippen molar-refractivity contribution in [3.8, 4) is 5.69 Å². The predicted octanol–water partition coefficient (Wildman–Crippen LogP) is 1.07. The average Bonchev–Trinajstić information content (AvgIpc) is 3.39. The number of nitrogens with zero attached hydrogens (tertiary/aromatic N) is 3. The van der Waals surface area contributed by atoms with E-state index < -0.39 is 10.0 Å². The number of aryl methyl sites for hydroxylation is 1. The van der Waals surface area contributed by atoms with Gasteiger partial charge in [0.15, 0.2) is 5.65 Å². The number of aromatic nitrogens is 4. The van der Waals surface area contributed by atoms with Crippen molar-refractivity contribution in [3.05, 3.63) is 69.7 Å². The number of hydrogen-bond donors (Lipinski definition) is 3. The van der Waals surface area contributed by atoms with E-state index in [0.717, 1.165) is 17.0 Å². The van der Waals surface area contributed by atoms with Crippen molar-refractivity contribution >= 4 is 38.3 Å². The van der Waals surface area contributed by atoms with E-state index in [1.54, 1.807) is 10.7 Å². The molecule has 0 radical (unpaired) electrons. The Morgan fingerprint density at radius 3 is 2.68 bits per heavy atom. The number of thiophene rings is 1. The largest absolute Gasteiger partial charge is 0.351 e. The Morgan fingerprint density at radius 2 is 1.97 bits per heavy atom. The zero-order valence-corrected chi connectivity index (χ0v) is 17.7. The highest BCUT2D eigenvalue weighted by atomic mass is 32.2. The van der Waals surface area contributed by atoms with Gasteiger partial charge in [-0.2, -0.15) is 5.10 Å². The van der Waals surface area contributed by atoms with Crippen molar-refractivity contribution in [2.45, 2.75) is 23.6 Å². The van der Waals surface area contributed by atoms with Crippen LogP contribution in [0.15, 0.2) is 57.7 Å². The summed E-state index contributed by atoms with van der Waals surface area (Å²) in [5.74, 6) is 0.114. The number of para-hydroxylation sites is 1. The van der Waals surface area contributed by atoms with Crippen molar-refractivity contribution in [2.24, 2.45) is 5.14 Å². The van der Waals surface area contributed by atoms with Crippen LogP contribution in [-0.2, 0) is 27.8 Å². The summed E-state index contributed by atoms with van der Waals surface area (Å²) in [5, 5.41) is 12.4. The molecule has 0 aliphatic carbocycles. The lowest BCUT2D eigenvalue weighted by Crippen LogP contribution is -2.23. The first-order valence-electron chi connectivity index (χ1n) is 9.22. The third kappa shape index (κ3) is 4.71. The second-order valence-electron chi connectivity index (χ2n) is 6.68. The summed E-state index contributed by atoms with van der Waals surface area (Å²) >= 11 is 1.00.